The summed E-state index contributed by atoms with van der Waals surface area (Å²) in [5, 5.41) is 10.5. The van der Waals surface area contributed by atoms with Crippen molar-refractivity contribution in [1.29, 1.82) is 0 Å². The van der Waals surface area contributed by atoms with E-state index in [9.17, 15) is 9.50 Å². The van der Waals surface area contributed by atoms with Crippen molar-refractivity contribution in [3.63, 3.8) is 0 Å². The maximum atomic E-state index is 13.1. The van der Waals surface area contributed by atoms with E-state index in [-0.39, 0.29) is 17.8 Å². The van der Waals surface area contributed by atoms with Crippen LogP contribution in [0.4, 0.5) is 4.39 Å². The van der Waals surface area contributed by atoms with Crippen LogP contribution in [0.15, 0.2) is 18.2 Å². The molecule has 1 aromatic carbocycles. The average Bonchev–Trinajstić information content (AvgIpc) is 2.27. The number of hydrogen-bond acceptors (Lipinski definition) is 1. The zero-order valence-corrected chi connectivity index (χ0v) is 9.88. The molecule has 0 bridgehead atoms. The highest BCUT2D eigenvalue weighted by Crippen LogP contribution is 2.29. The minimum absolute atomic E-state index is 0.230. The first-order valence-corrected chi connectivity index (χ1v) is 6.16. The van der Waals surface area contributed by atoms with E-state index in [0.717, 1.165) is 31.2 Å². The van der Waals surface area contributed by atoms with Crippen molar-refractivity contribution in [2.75, 3.05) is 0 Å². The molecule has 1 aliphatic rings. The first-order chi connectivity index (χ1) is 7.66. The minimum Gasteiger partial charge on any atom is -0.393 e. The van der Waals surface area contributed by atoms with Crippen molar-refractivity contribution in [3.05, 3.63) is 34.6 Å². The molecule has 0 spiro atoms. The van der Waals surface area contributed by atoms with Crippen molar-refractivity contribution >= 4 is 11.6 Å². The van der Waals surface area contributed by atoms with E-state index in [0.29, 0.717) is 11.4 Å². The van der Waals surface area contributed by atoms with Gasteiger partial charge >= 0.3 is 0 Å². The van der Waals surface area contributed by atoms with E-state index in [4.69, 9.17) is 11.6 Å². The van der Waals surface area contributed by atoms with E-state index in [1.807, 2.05) is 0 Å². The molecule has 3 heteroatoms. The molecule has 1 saturated carbocycles. The van der Waals surface area contributed by atoms with Crippen LogP contribution in [0.25, 0.3) is 0 Å². The molecule has 0 aromatic heterocycles. The van der Waals surface area contributed by atoms with Crippen LogP contribution in [-0.4, -0.2) is 11.2 Å². The zero-order valence-electron chi connectivity index (χ0n) is 9.13. The fourth-order valence-corrected chi connectivity index (χ4v) is 2.60. The van der Waals surface area contributed by atoms with Gasteiger partial charge in [0, 0.05) is 5.02 Å². The summed E-state index contributed by atoms with van der Waals surface area (Å²) in [7, 11) is 0. The molecule has 0 amide bonds. The molecule has 0 saturated heterocycles. The van der Waals surface area contributed by atoms with Gasteiger partial charge in [-0.15, -0.1) is 0 Å². The Hall–Kier alpha value is -0.600. The van der Waals surface area contributed by atoms with Gasteiger partial charge in [-0.05, 0) is 48.9 Å². The van der Waals surface area contributed by atoms with Gasteiger partial charge in [0.25, 0.3) is 0 Å². The van der Waals surface area contributed by atoms with E-state index in [2.05, 4.69) is 0 Å². The molecule has 88 valence electrons. The quantitative estimate of drug-likeness (QED) is 0.841. The molecule has 1 aromatic rings. The van der Waals surface area contributed by atoms with E-state index in [1.165, 1.54) is 12.1 Å². The van der Waals surface area contributed by atoms with Gasteiger partial charge in [0.2, 0.25) is 0 Å². The third kappa shape index (κ3) is 2.74. The van der Waals surface area contributed by atoms with E-state index >= 15 is 0 Å². The van der Waals surface area contributed by atoms with Crippen molar-refractivity contribution in [2.45, 2.75) is 38.2 Å². The summed E-state index contributed by atoms with van der Waals surface area (Å²) in [6, 6.07) is 4.42. The molecular formula is C13H16ClFO. The number of aliphatic hydroxyl groups is 1. The molecule has 2 rings (SSSR count). The standard InChI is InChI=1S/C13H16ClFO/c14-12-6-5-11(15)8-10(12)7-9-3-1-2-4-13(9)16/h5-6,8-9,13,16H,1-4,7H2. The highest BCUT2D eigenvalue weighted by molar-refractivity contribution is 6.31. The highest BCUT2D eigenvalue weighted by atomic mass is 35.5. The molecule has 0 heterocycles. The lowest BCUT2D eigenvalue weighted by Crippen LogP contribution is -2.26. The van der Waals surface area contributed by atoms with Gasteiger partial charge in [-0.25, -0.2) is 4.39 Å². The topological polar surface area (TPSA) is 20.2 Å². The molecule has 0 aliphatic heterocycles. The second-order valence-corrected chi connectivity index (χ2v) is 4.96. The lowest BCUT2D eigenvalue weighted by Gasteiger charge is -2.27. The molecule has 1 fully saturated rings. The summed E-state index contributed by atoms with van der Waals surface area (Å²) in [4.78, 5) is 0. The summed E-state index contributed by atoms with van der Waals surface area (Å²) < 4.78 is 13.1. The molecule has 16 heavy (non-hydrogen) atoms. The van der Waals surface area contributed by atoms with Crippen LogP contribution < -0.4 is 0 Å². The summed E-state index contributed by atoms with van der Waals surface area (Å²) in [6.07, 6.45) is 4.53. The predicted molar refractivity (Wildman–Crippen MR) is 63.1 cm³/mol. The van der Waals surface area contributed by atoms with Crippen LogP contribution in [0.5, 0.6) is 0 Å². The van der Waals surface area contributed by atoms with Gasteiger partial charge in [-0.2, -0.15) is 0 Å². The Kier molecular flexibility index (Phi) is 3.82. The Morgan fingerprint density at radius 1 is 1.31 bits per heavy atom. The van der Waals surface area contributed by atoms with Crippen LogP contribution in [0.1, 0.15) is 31.2 Å². The number of halogens is 2. The summed E-state index contributed by atoms with van der Waals surface area (Å²) in [6.45, 7) is 0. The van der Waals surface area contributed by atoms with Crippen LogP contribution in [-0.2, 0) is 6.42 Å². The Balaban J connectivity index is 2.10. The second kappa shape index (κ2) is 5.15. The van der Waals surface area contributed by atoms with E-state index in [1.54, 1.807) is 6.07 Å². The van der Waals surface area contributed by atoms with Gasteiger partial charge < -0.3 is 5.11 Å². The molecule has 1 aliphatic carbocycles. The van der Waals surface area contributed by atoms with Gasteiger partial charge in [0.05, 0.1) is 6.10 Å². The lowest BCUT2D eigenvalue weighted by atomic mass is 9.82. The summed E-state index contributed by atoms with van der Waals surface area (Å²) in [5.74, 6) is -0.0299. The SMILES string of the molecule is OC1CCCCC1Cc1cc(F)ccc1Cl. The van der Waals surface area contributed by atoms with Crippen LogP contribution in [0.3, 0.4) is 0 Å². The molecule has 1 N–H and O–H groups in total. The second-order valence-electron chi connectivity index (χ2n) is 4.55. The number of benzene rings is 1. The Morgan fingerprint density at radius 3 is 2.81 bits per heavy atom. The van der Waals surface area contributed by atoms with Crippen LogP contribution in [0.2, 0.25) is 5.02 Å². The van der Waals surface area contributed by atoms with E-state index < -0.39 is 0 Å². The summed E-state index contributed by atoms with van der Waals surface area (Å²) >= 11 is 6.01. The number of hydrogen-bond donors (Lipinski definition) is 1. The first-order valence-electron chi connectivity index (χ1n) is 5.79. The third-order valence-electron chi connectivity index (χ3n) is 3.36. The van der Waals surface area contributed by atoms with Gasteiger partial charge in [0.1, 0.15) is 5.82 Å². The predicted octanol–water partition coefficient (Wildman–Crippen LogP) is 3.57. The van der Waals surface area contributed by atoms with Crippen molar-refractivity contribution in [2.24, 2.45) is 5.92 Å². The largest absolute Gasteiger partial charge is 0.393 e. The lowest BCUT2D eigenvalue weighted by molar-refractivity contribution is 0.0700. The number of aliphatic hydroxyl groups excluding tert-OH is 1. The smallest absolute Gasteiger partial charge is 0.123 e. The molecule has 0 radical (unpaired) electrons. The number of rotatable bonds is 2. The maximum absolute atomic E-state index is 13.1. The fraction of sp³-hybridized carbons (Fsp3) is 0.538. The Bertz CT molecular complexity index is 367. The Morgan fingerprint density at radius 2 is 2.06 bits per heavy atom. The van der Waals surface area contributed by atoms with Crippen molar-refractivity contribution in [1.82, 2.24) is 0 Å². The Labute approximate surface area is 100 Å². The maximum Gasteiger partial charge on any atom is 0.123 e. The first kappa shape index (κ1) is 11.9. The molecule has 2 unspecified atom stereocenters. The third-order valence-corrected chi connectivity index (χ3v) is 3.73. The monoisotopic (exact) mass is 242 g/mol. The van der Waals surface area contributed by atoms with Gasteiger partial charge in [-0.1, -0.05) is 24.4 Å². The molecule has 2 atom stereocenters. The highest BCUT2D eigenvalue weighted by Gasteiger charge is 2.23. The van der Waals surface area contributed by atoms with Gasteiger partial charge in [0.15, 0.2) is 0 Å². The van der Waals surface area contributed by atoms with Gasteiger partial charge in [-0.3, -0.25) is 0 Å². The normalized spacial score (nSPS) is 25.7. The minimum atomic E-state index is -0.260. The summed E-state index contributed by atoms with van der Waals surface area (Å²) in [5.41, 5.74) is 0.813. The average molecular weight is 243 g/mol. The van der Waals surface area contributed by atoms with Crippen molar-refractivity contribution < 1.29 is 9.50 Å². The van der Waals surface area contributed by atoms with Crippen LogP contribution >= 0.6 is 11.6 Å². The zero-order chi connectivity index (χ0) is 11.5. The molecular weight excluding hydrogens is 227 g/mol. The van der Waals surface area contributed by atoms with Crippen molar-refractivity contribution in [3.8, 4) is 0 Å². The fourth-order valence-electron chi connectivity index (χ4n) is 2.41. The van der Waals surface area contributed by atoms with Crippen LogP contribution in [0, 0.1) is 11.7 Å². The molecule has 1 nitrogen and oxygen atoms in total.